The van der Waals surface area contributed by atoms with Crippen molar-refractivity contribution in [2.24, 2.45) is 0 Å². The van der Waals surface area contributed by atoms with E-state index in [9.17, 15) is 9.18 Å². The van der Waals surface area contributed by atoms with Crippen molar-refractivity contribution in [2.75, 3.05) is 31.7 Å². The average Bonchev–Trinajstić information content (AvgIpc) is 2.27. The number of hydrogen-bond donors (Lipinski definition) is 1. The van der Waals surface area contributed by atoms with E-state index >= 15 is 0 Å². The van der Waals surface area contributed by atoms with Crippen LogP contribution in [0.25, 0.3) is 0 Å². The summed E-state index contributed by atoms with van der Waals surface area (Å²) in [4.78, 5) is 10.9. The molecule has 1 aromatic carbocycles. The van der Waals surface area contributed by atoms with Gasteiger partial charge in [0.15, 0.2) is 0 Å². The molecule has 0 aliphatic heterocycles. The van der Waals surface area contributed by atoms with Gasteiger partial charge in [-0.1, -0.05) is 0 Å². The zero-order valence-corrected chi connectivity index (χ0v) is 10.7. The Kier molecular flexibility index (Phi) is 6.14. The third-order valence-electron chi connectivity index (χ3n) is 2.14. The minimum atomic E-state index is -0.376. The minimum absolute atomic E-state index is 0.0578. The normalized spacial score (nSPS) is 10.2. The molecule has 100 valence electrons. The maximum absolute atomic E-state index is 13.1. The molecule has 0 fully saturated rings. The van der Waals surface area contributed by atoms with Gasteiger partial charge >= 0.3 is 5.97 Å². The Hall–Kier alpha value is -1.62. The van der Waals surface area contributed by atoms with Gasteiger partial charge in [0.1, 0.15) is 12.4 Å². The summed E-state index contributed by atoms with van der Waals surface area (Å²) in [5.41, 5.74) is 1.55. The van der Waals surface area contributed by atoms with Gasteiger partial charge in [-0.25, -0.2) is 9.18 Å². The second-order valence-corrected chi connectivity index (χ2v) is 3.80. The van der Waals surface area contributed by atoms with Gasteiger partial charge in [-0.3, -0.25) is 0 Å². The van der Waals surface area contributed by atoms with Crippen LogP contribution in [0.15, 0.2) is 18.2 Å². The summed E-state index contributed by atoms with van der Waals surface area (Å²) in [5.74, 6) is -0.649. The maximum Gasteiger partial charge on any atom is 0.332 e. The van der Waals surface area contributed by atoms with Crippen molar-refractivity contribution in [1.29, 1.82) is 0 Å². The number of esters is 1. The number of anilines is 1. The van der Waals surface area contributed by atoms with E-state index in [2.05, 4.69) is 5.32 Å². The molecule has 0 aliphatic carbocycles. The summed E-state index contributed by atoms with van der Waals surface area (Å²) in [7, 11) is 0. The van der Waals surface area contributed by atoms with Crippen molar-refractivity contribution >= 4 is 11.7 Å². The molecule has 0 amide bonds. The molecule has 0 spiro atoms. The molecule has 18 heavy (non-hydrogen) atoms. The highest BCUT2D eigenvalue weighted by molar-refractivity contribution is 5.70. The van der Waals surface area contributed by atoms with E-state index < -0.39 is 0 Å². The molecular weight excluding hydrogens is 237 g/mol. The van der Waals surface area contributed by atoms with Crippen LogP contribution in [-0.2, 0) is 14.3 Å². The van der Waals surface area contributed by atoms with E-state index in [0.29, 0.717) is 25.4 Å². The Morgan fingerprint density at radius 3 is 2.83 bits per heavy atom. The Labute approximate surface area is 106 Å². The average molecular weight is 255 g/mol. The Bertz CT molecular complexity index is 376. The number of aryl methyl sites for hydroxylation is 1. The largest absolute Gasteiger partial charge is 0.464 e. The third kappa shape index (κ3) is 5.63. The maximum atomic E-state index is 13.1. The fourth-order valence-electron chi connectivity index (χ4n) is 1.46. The quantitative estimate of drug-likeness (QED) is 0.599. The predicted octanol–water partition coefficient (Wildman–Crippen LogP) is 2.13. The molecule has 0 saturated heterocycles. The Morgan fingerprint density at radius 1 is 1.39 bits per heavy atom. The van der Waals surface area contributed by atoms with Gasteiger partial charge in [-0.15, -0.1) is 0 Å². The van der Waals surface area contributed by atoms with Crippen molar-refractivity contribution in [3.8, 4) is 0 Å². The van der Waals surface area contributed by atoms with Crippen LogP contribution in [-0.4, -0.2) is 32.3 Å². The molecule has 0 heterocycles. The number of nitrogens with one attached hydrogen (secondary N) is 1. The number of benzene rings is 1. The highest BCUT2D eigenvalue weighted by Crippen LogP contribution is 2.12. The van der Waals surface area contributed by atoms with Gasteiger partial charge < -0.3 is 14.8 Å². The summed E-state index contributed by atoms with van der Waals surface area (Å²) >= 11 is 0. The number of halogens is 1. The van der Waals surface area contributed by atoms with Crippen LogP contribution in [0, 0.1) is 12.7 Å². The summed E-state index contributed by atoms with van der Waals surface area (Å²) in [6, 6.07) is 4.72. The fraction of sp³-hybridized carbons (Fsp3) is 0.462. The smallest absolute Gasteiger partial charge is 0.332 e. The molecule has 0 saturated carbocycles. The lowest BCUT2D eigenvalue weighted by Crippen LogP contribution is -2.16. The second-order valence-electron chi connectivity index (χ2n) is 3.80. The van der Waals surface area contributed by atoms with Crippen molar-refractivity contribution < 1.29 is 18.7 Å². The molecule has 0 bridgehead atoms. The van der Waals surface area contributed by atoms with E-state index in [0.717, 1.165) is 5.56 Å². The zero-order valence-electron chi connectivity index (χ0n) is 10.7. The zero-order chi connectivity index (χ0) is 13.4. The van der Waals surface area contributed by atoms with Gasteiger partial charge in [0.05, 0.1) is 13.2 Å². The lowest BCUT2D eigenvalue weighted by atomic mass is 10.2. The van der Waals surface area contributed by atoms with Crippen molar-refractivity contribution in [1.82, 2.24) is 0 Å². The lowest BCUT2D eigenvalue weighted by molar-refractivity contribution is -0.148. The first-order valence-electron chi connectivity index (χ1n) is 5.86. The van der Waals surface area contributed by atoms with Gasteiger partial charge in [0, 0.05) is 12.2 Å². The van der Waals surface area contributed by atoms with Crippen LogP contribution in [0.5, 0.6) is 0 Å². The van der Waals surface area contributed by atoms with E-state index in [1.165, 1.54) is 12.1 Å². The number of ether oxygens (including phenoxy) is 2. The molecule has 0 aliphatic rings. The topological polar surface area (TPSA) is 47.6 Å². The number of hydrogen-bond acceptors (Lipinski definition) is 4. The Morgan fingerprint density at radius 2 is 2.17 bits per heavy atom. The first-order chi connectivity index (χ1) is 8.61. The molecule has 1 aromatic rings. The van der Waals surface area contributed by atoms with Crippen LogP contribution in [0.1, 0.15) is 12.5 Å². The van der Waals surface area contributed by atoms with Crippen molar-refractivity contribution in [2.45, 2.75) is 13.8 Å². The van der Waals surface area contributed by atoms with E-state index in [1.807, 2.05) is 13.0 Å². The van der Waals surface area contributed by atoms with Crippen molar-refractivity contribution in [3.63, 3.8) is 0 Å². The van der Waals surface area contributed by atoms with Crippen LogP contribution in [0.4, 0.5) is 10.1 Å². The van der Waals surface area contributed by atoms with Crippen LogP contribution in [0.3, 0.4) is 0 Å². The van der Waals surface area contributed by atoms with Crippen LogP contribution in [0.2, 0.25) is 0 Å². The molecule has 0 aromatic heterocycles. The third-order valence-corrected chi connectivity index (χ3v) is 2.14. The molecule has 4 nitrogen and oxygen atoms in total. The van der Waals surface area contributed by atoms with Gasteiger partial charge in [-0.05, 0) is 37.6 Å². The van der Waals surface area contributed by atoms with Crippen LogP contribution >= 0.6 is 0 Å². The second kappa shape index (κ2) is 7.66. The first kappa shape index (κ1) is 14.4. The number of rotatable bonds is 7. The van der Waals surface area contributed by atoms with E-state index in [-0.39, 0.29) is 18.4 Å². The standard InChI is InChI=1S/C13H18FNO3/c1-3-18-13(16)9-17-5-4-15-12-7-10(2)6-11(14)8-12/h6-8,15H,3-5,9H2,1-2H3. The highest BCUT2D eigenvalue weighted by atomic mass is 19.1. The van der Waals surface area contributed by atoms with Crippen molar-refractivity contribution in [3.05, 3.63) is 29.6 Å². The molecule has 0 unspecified atom stereocenters. The van der Waals surface area contributed by atoms with E-state index in [1.54, 1.807) is 6.92 Å². The fourth-order valence-corrected chi connectivity index (χ4v) is 1.46. The summed E-state index contributed by atoms with van der Waals surface area (Å²) in [6.45, 7) is 4.72. The number of carbonyl (C=O) groups excluding carboxylic acids is 1. The lowest BCUT2D eigenvalue weighted by Gasteiger charge is -2.08. The Balaban J connectivity index is 2.19. The van der Waals surface area contributed by atoms with E-state index in [4.69, 9.17) is 9.47 Å². The SMILES string of the molecule is CCOC(=O)COCCNc1cc(C)cc(F)c1. The summed E-state index contributed by atoms with van der Waals surface area (Å²) in [5, 5.41) is 3.01. The molecule has 0 radical (unpaired) electrons. The monoisotopic (exact) mass is 255 g/mol. The molecular formula is C13H18FNO3. The number of carbonyl (C=O) groups is 1. The van der Waals surface area contributed by atoms with Gasteiger partial charge in [-0.2, -0.15) is 0 Å². The molecule has 1 N–H and O–H groups in total. The highest BCUT2D eigenvalue weighted by Gasteiger charge is 2.01. The summed E-state index contributed by atoms with van der Waals surface area (Å²) < 4.78 is 22.9. The molecule has 1 rings (SSSR count). The van der Waals surface area contributed by atoms with Gasteiger partial charge in [0.25, 0.3) is 0 Å². The first-order valence-corrected chi connectivity index (χ1v) is 5.86. The van der Waals surface area contributed by atoms with Crippen LogP contribution < -0.4 is 5.32 Å². The molecule has 0 atom stereocenters. The van der Waals surface area contributed by atoms with Gasteiger partial charge in [0.2, 0.25) is 0 Å². The summed E-state index contributed by atoms with van der Waals surface area (Å²) in [6.07, 6.45) is 0. The minimum Gasteiger partial charge on any atom is -0.464 e. The predicted molar refractivity (Wildman–Crippen MR) is 67.1 cm³/mol. The molecule has 5 heteroatoms.